The summed E-state index contributed by atoms with van der Waals surface area (Å²) in [6, 6.07) is 12.0. The summed E-state index contributed by atoms with van der Waals surface area (Å²) in [6.07, 6.45) is 1.92. The van der Waals surface area contributed by atoms with Gasteiger partial charge in [0.15, 0.2) is 0 Å². The van der Waals surface area contributed by atoms with Gasteiger partial charge in [-0.25, -0.2) is 4.79 Å². The van der Waals surface area contributed by atoms with Gasteiger partial charge in [0.25, 0.3) is 0 Å². The Labute approximate surface area is 181 Å². The highest BCUT2D eigenvalue weighted by atomic mass is 35.5. The lowest BCUT2D eigenvalue weighted by Gasteiger charge is -2.17. The zero-order chi connectivity index (χ0) is 21.7. The summed E-state index contributed by atoms with van der Waals surface area (Å²) in [5.41, 5.74) is 2.62. The van der Waals surface area contributed by atoms with Gasteiger partial charge in [-0.05, 0) is 55.3 Å². The summed E-state index contributed by atoms with van der Waals surface area (Å²) in [7, 11) is 0. The molecule has 0 aliphatic carbocycles. The highest BCUT2D eigenvalue weighted by molar-refractivity contribution is 6.31. The van der Waals surface area contributed by atoms with Crippen molar-refractivity contribution in [2.45, 2.75) is 33.1 Å². The second-order valence-electron chi connectivity index (χ2n) is 7.39. The van der Waals surface area contributed by atoms with Crippen LogP contribution in [0.1, 0.15) is 42.1 Å². The SMILES string of the molecule is CCCCOC(=O)c1ccc(NC(=O)[C@H]2CC(=O)N(c3ccc(C)c(Cl)c3)C2)cc1. The van der Waals surface area contributed by atoms with E-state index in [0.29, 0.717) is 35.1 Å². The molecule has 6 nitrogen and oxygen atoms in total. The van der Waals surface area contributed by atoms with Crippen molar-refractivity contribution in [3.8, 4) is 0 Å². The van der Waals surface area contributed by atoms with Gasteiger partial charge in [-0.3, -0.25) is 9.59 Å². The number of esters is 1. The summed E-state index contributed by atoms with van der Waals surface area (Å²) >= 11 is 6.17. The minimum Gasteiger partial charge on any atom is -0.462 e. The number of carbonyl (C=O) groups is 3. The van der Waals surface area contributed by atoms with Crippen LogP contribution < -0.4 is 10.2 Å². The molecule has 1 atom stereocenters. The number of hydrogen-bond donors (Lipinski definition) is 1. The molecule has 2 amide bonds. The Morgan fingerprint density at radius 2 is 1.93 bits per heavy atom. The molecule has 3 rings (SSSR count). The monoisotopic (exact) mass is 428 g/mol. The molecule has 0 radical (unpaired) electrons. The smallest absolute Gasteiger partial charge is 0.338 e. The Morgan fingerprint density at radius 1 is 1.20 bits per heavy atom. The number of anilines is 2. The number of halogens is 1. The Balaban J connectivity index is 1.59. The molecule has 0 aromatic heterocycles. The van der Waals surface area contributed by atoms with Crippen LogP contribution >= 0.6 is 11.6 Å². The second kappa shape index (κ2) is 9.76. The number of amides is 2. The molecule has 1 heterocycles. The number of hydrogen-bond acceptors (Lipinski definition) is 4. The van der Waals surface area contributed by atoms with Gasteiger partial charge in [0.05, 0.1) is 18.1 Å². The molecule has 1 N–H and O–H groups in total. The molecule has 1 aliphatic heterocycles. The van der Waals surface area contributed by atoms with E-state index in [1.165, 1.54) is 0 Å². The van der Waals surface area contributed by atoms with Crippen molar-refractivity contribution in [1.82, 2.24) is 0 Å². The fourth-order valence-corrected chi connectivity index (χ4v) is 3.38. The molecule has 158 valence electrons. The summed E-state index contributed by atoms with van der Waals surface area (Å²) in [5.74, 6) is -1.19. The Hall–Kier alpha value is -2.86. The first-order chi connectivity index (χ1) is 14.4. The number of benzene rings is 2. The van der Waals surface area contributed by atoms with Crippen molar-refractivity contribution >= 4 is 40.8 Å². The van der Waals surface area contributed by atoms with Crippen molar-refractivity contribution in [3.63, 3.8) is 0 Å². The summed E-state index contributed by atoms with van der Waals surface area (Å²) in [4.78, 5) is 38.6. The average molecular weight is 429 g/mol. The average Bonchev–Trinajstić information content (AvgIpc) is 3.12. The fourth-order valence-electron chi connectivity index (χ4n) is 3.21. The Morgan fingerprint density at radius 3 is 2.60 bits per heavy atom. The van der Waals surface area contributed by atoms with Crippen molar-refractivity contribution in [2.75, 3.05) is 23.4 Å². The van der Waals surface area contributed by atoms with Crippen LogP contribution in [0.4, 0.5) is 11.4 Å². The molecule has 1 aliphatic rings. The van der Waals surface area contributed by atoms with Gasteiger partial charge in [0.1, 0.15) is 0 Å². The Kier molecular flexibility index (Phi) is 7.11. The quantitative estimate of drug-likeness (QED) is 0.516. The van der Waals surface area contributed by atoms with Gasteiger partial charge < -0.3 is 15.0 Å². The summed E-state index contributed by atoms with van der Waals surface area (Å²) < 4.78 is 5.17. The molecule has 1 saturated heterocycles. The van der Waals surface area contributed by atoms with E-state index in [4.69, 9.17) is 16.3 Å². The first-order valence-corrected chi connectivity index (χ1v) is 10.4. The van der Waals surface area contributed by atoms with Crippen LogP contribution in [0.3, 0.4) is 0 Å². The van der Waals surface area contributed by atoms with Crippen molar-refractivity contribution in [2.24, 2.45) is 5.92 Å². The first-order valence-electron chi connectivity index (χ1n) is 10.0. The molecule has 2 aromatic carbocycles. The number of nitrogens with one attached hydrogen (secondary N) is 1. The third-order valence-electron chi connectivity index (χ3n) is 5.08. The first kappa shape index (κ1) is 21.8. The minimum atomic E-state index is -0.462. The van der Waals surface area contributed by atoms with E-state index in [9.17, 15) is 14.4 Å². The molecule has 7 heteroatoms. The van der Waals surface area contributed by atoms with Gasteiger partial charge in [-0.1, -0.05) is 31.0 Å². The third kappa shape index (κ3) is 5.19. The molecule has 0 unspecified atom stereocenters. The van der Waals surface area contributed by atoms with Crippen LogP contribution in [0.25, 0.3) is 0 Å². The van der Waals surface area contributed by atoms with E-state index in [1.807, 2.05) is 26.0 Å². The standard InChI is InChI=1S/C23H25ClN2O4/c1-3-4-11-30-23(29)16-6-8-18(9-7-16)25-22(28)17-12-21(27)26(14-17)19-10-5-15(2)20(24)13-19/h5-10,13,17H,3-4,11-12,14H2,1-2H3,(H,25,28)/t17-/m0/s1. The van der Waals surface area contributed by atoms with Crippen molar-refractivity contribution in [3.05, 3.63) is 58.6 Å². The summed E-state index contributed by atoms with van der Waals surface area (Å²) in [6.45, 7) is 4.61. The number of nitrogens with zero attached hydrogens (tertiary/aromatic N) is 1. The minimum absolute atomic E-state index is 0.111. The van der Waals surface area contributed by atoms with E-state index in [0.717, 1.165) is 18.4 Å². The van der Waals surface area contributed by atoms with E-state index in [1.54, 1.807) is 35.2 Å². The number of ether oxygens (including phenoxy) is 1. The number of carbonyl (C=O) groups excluding carboxylic acids is 3. The largest absolute Gasteiger partial charge is 0.462 e. The van der Waals surface area contributed by atoms with Crippen LogP contribution in [-0.4, -0.2) is 30.9 Å². The fraction of sp³-hybridized carbons (Fsp3) is 0.348. The number of unbranched alkanes of at least 4 members (excludes halogenated alkanes) is 1. The van der Waals surface area contributed by atoms with E-state index in [2.05, 4.69) is 5.32 Å². The van der Waals surface area contributed by atoms with Crippen molar-refractivity contribution in [1.29, 1.82) is 0 Å². The predicted molar refractivity (Wildman–Crippen MR) is 117 cm³/mol. The summed E-state index contributed by atoms with van der Waals surface area (Å²) in [5, 5.41) is 3.40. The molecular formula is C23H25ClN2O4. The lowest BCUT2D eigenvalue weighted by Crippen LogP contribution is -2.28. The maximum atomic E-state index is 12.6. The molecule has 0 spiro atoms. The molecule has 1 fully saturated rings. The van der Waals surface area contributed by atoms with Crippen LogP contribution in [-0.2, 0) is 14.3 Å². The third-order valence-corrected chi connectivity index (χ3v) is 5.49. The number of aryl methyl sites for hydroxylation is 1. The topological polar surface area (TPSA) is 75.7 Å². The number of rotatable bonds is 7. The highest BCUT2D eigenvalue weighted by Crippen LogP contribution is 2.29. The second-order valence-corrected chi connectivity index (χ2v) is 7.80. The molecule has 0 bridgehead atoms. The van der Waals surface area contributed by atoms with Gasteiger partial charge in [0, 0.05) is 29.4 Å². The Bertz CT molecular complexity index is 943. The normalized spacial score (nSPS) is 15.9. The van der Waals surface area contributed by atoms with Gasteiger partial charge in [-0.15, -0.1) is 0 Å². The lowest BCUT2D eigenvalue weighted by atomic mass is 10.1. The zero-order valence-corrected chi connectivity index (χ0v) is 17.9. The molecule has 0 saturated carbocycles. The van der Waals surface area contributed by atoms with Crippen LogP contribution in [0.15, 0.2) is 42.5 Å². The van der Waals surface area contributed by atoms with Crippen LogP contribution in [0.5, 0.6) is 0 Å². The van der Waals surface area contributed by atoms with E-state index < -0.39 is 5.92 Å². The highest BCUT2D eigenvalue weighted by Gasteiger charge is 2.35. The van der Waals surface area contributed by atoms with Gasteiger partial charge >= 0.3 is 5.97 Å². The van der Waals surface area contributed by atoms with Crippen LogP contribution in [0, 0.1) is 12.8 Å². The van der Waals surface area contributed by atoms with Crippen LogP contribution in [0.2, 0.25) is 5.02 Å². The molecule has 30 heavy (non-hydrogen) atoms. The molecular weight excluding hydrogens is 404 g/mol. The van der Waals surface area contributed by atoms with Gasteiger partial charge in [0.2, 0.25) is 11.8 Å². The van der Waals surface area contributed by atoms with Gasteiger partial charge in [-0.2, -0.15) is 0 Å². The maximum Gasteiger partial charge on any atom is 0.338 e. The maximum absolute atomic E-state index is 12.6. The van der Waals surface area contributed by atoms with E-state index in [-0.39, 0.29) is 24.2 Å². The predicted octanol–water partition coefficient (Wildman–Crippen LogP) is 4.60. The lowest BCUT2D eigenvalue weighted by molar-refractivity contribution is -0.122. The van der Waals surface area contributed by atoms with E-state index >= 15 is 0 Å². The zero-order valence-electron chi connectivity index (χ0n) is 17.1. The van der Waals surface area contributed by atoms with Crippen molar-refractivity contribution < 1.29 is 19.1 Å². The molecule has 2 aromatic rings.